The maximum absolute atomic E-state index is 9.02. The third-order valence-electron chi connectivity index (χ3n) is 9.79. The molecule has 2 heterocycles. The van der Waals surface area contributed by atoms with Gasteiger partial charge in [0.1, 0.15) is 18.2 Å². The van der Waals surface area contributed by atoms with E-state index in [2.05, 4.69) is 101 Å². The number of nitrogens with zero attached hydrogens (tertiary/aromatic N) is 1. The first-order chi connectivity index (χ1) is 18.5. The van der Waals surface area contributed by atoms with Gasteiger partial charge in [-0.15, -0.1) is 0 Å². The predicted molar refractivity (Wildman–Crippen MR) is 159 cm³/mol. The summed E-state index contributed by atoms with van der Waals surface area (Å²) in [5, 5.41) is 4.92. The Kier molecular flexibility index (Phi) is 4.91. The summed E-state index contributed by atoms with van der Waals surface area (Å²) in [5.74, 6) is -0.449. The highest BCUT2D eigenvalue weighted by Gasteiger charge is 2.39. The zero-order valence-electron chi connectivity index (χ0n) is 24.8. The number of hydrogen-bond acceptors (Lipinski definition) is 1. The summed E-state index contributed by atoms with van der Waals surface area (Å²) in [4.78, 5) is 0. The Morgan fingerprint density at radius 3 is 2.29 bits per heavy atom. The Morgan fingerprint density at radius 1 is 0.842 bits per heavy atom. The molecule has 0 spiro atoms. The minimum absolute atomic E-state index is 0.0884. The van der Waals surface area contributed by atoms with Crippen LogP contribution in [0, 0.1) is 6.92 Å². The van der Waals surface area contributed by atoms with Crippen molar-refractivity contribution in [1.82, 2.24) is 0 Å². The molecule has 2 heteroatoms. The van der Waals surface area contributed by atoms with Crippen molar-refractivity contribution in [3.63, 3.8) is 0 Å². The molecule has 2 aliphatic carbocycles. The molecule has 5 aromatic rings. The number of aromatic nitrogens is 1. The predicted octanol–water partition coefficient (Wildman–Crippen LogP) is 9.55. The zero-order valence-corrected chi connectivity index (χ0v) is 23.8. The number of pyridine rings is 1. The van der Waals surface area contributed by atoms with Gasteiger partial charge in [-0.25, -0.2) is 4.57 Å². The van der Waals surface area contributed by atoms with E-state index < -0.39 is 5.89 Å². The second-order valence-electron chi connectivity index (χ2n) is 13.3. The molecule has 2 nitrogen and oxygen atoms in total. The van der Waals surface area contributed by atoms with Crippen LogP contribution in [-0.2, 0) is 17.9 Å². The molecule has 3 aromatic carbocycles. The Balaban J connectivity index is 1.52. The third kappa shape index (κ3) is 3.42. The third-order valence-corrected chi connectivity index (χ3v) is 9.79. The molecule has 7 rings (SSSR count). The number of fused-ring (bicyclic) bond motifs is 7. The fraction of sp³-hybridized carbons (Fsp3) is 0.417. The average Bonchev–Trinajstić information content (AvgIpc) is 3.51. The summed E-state index contributed by atoms with van der Waals surface area (Å²) in [6.07, 6.45) is 8.77. The minimum Gasteiger partial charge on any atom is -0.454 e. The quantitative estimate of drug-likeness (QED) is 0.219. The molecule has 1 saturated carbocycles. The molecular formula is C36H40NO+. The van der Waals surface area contributed by atoms with Crippen LogP contribution in [-0.4, -0.2) is 0 Å². The molecule has 0 bridgehead atoms. The minimum atomic E-state index is -0.449. The van der Waals surface area contributed by atoms with Crippen LogP contribution in [0.25, 0.3) is 44.0 Å². The molecule has 0 radical (unpaired) electrons. The second-order valence-corrected chi connectivity index (χ2v) is 13.3. The van der Waals surface area contributed by atoms with Crippen molar-refractivity contribution in [2.24, 2.45) is 7.05 Å². The maximum atomic E-state index is 9.02. The lowest BCUT2D eigenvalue weighted by molar-refractivity contribution is -0.660. The normalized spacial score (nSPS) is 20.2. The van der Waals surface area contributed by atoms with Gasteiger partial charge in [-0.3, -0.25) is 0 Å². The van der Waals surface area contributed by atoms with Crippen LogP contribution in [0.15, 0.2) is 59.1 Å². The van der Waals surface area contributed by atoms with Gasteiger partial charge >= 0.3 is 0 Å². The number of furan rings is 1. The molecule has 0 aliphatic heterocycles. The lowest BCUT2D eigenvalue weighted by Gasteiger charge is -2.42. The van der Waals surface area contributed by atoms with Gasteiger partial charge in [-0.1, -0.05) is 70.9 Å². The van der Waals surface area contributed by atoms with Gasteiger partial charge in [0.15, 0.2) is 6.20 Å². The summed E-state index contributed by atoms with van der Waals surface area (Å²) >= 11 is 0. The average molecular weight is 504 g/mol. The fourth-order valence-corrected chi connectivity index (χ4v) is 7.44. The van der Waals surface area contributed by atoms with Gasteiger partial charge in [0.2, 0.25) is 5.69 Å². The highest BCUT2D eigenvalue weighted by molar-refractivity contribution is 6.18. The van der Waals surface area contributed by atoms with Crippen molar-refractivity contribution < 1.29 is 10.4 Å². The topological polar surface area (TPSA) is 17.0 Å². The Bertz CT molecular complexity index is 1800. The van der Waals surface area contributed by atoms with Crippen molar-refractivity contribution in [2.75, 3.05) is 0 Å². The number of hydrogen-bond donors (Lipinski definition) is 0. The van der Waals surface area contributed by atoms with E-state index in [9.17, 15) is 0 Å². The van der Waals surface area contributed by atoms with Gasteiger partial charge in [0, 0.05) is 29.2 Å². The van der Waals surface area contributed by atoms with E-state index in [1.165, 1.54) is 51.1 Å². The molecular weight excluding hydrogens is 462 g/mol. The van der Waals surface area contributed by atoms with E-state index in [0.717, 1.165) is 53.7 Å². The standard InChI is InChI=1S/C36H40NO/c1-22-11-15-26-27-16-12-24-13-17-28-32(36(4,5)20-19-35(28,2)3)31(24)34(27)38-33(26)30(22)29-18-14-25(21-37(29)6)23-9-7-8-10-23/h11-18,21,23H,7-10,19-20H2,1-6H3/q+1/i23D. The van der Waals surface area contributed by atoms with Crippen LogP contribution in [0.5, 0.6) is 0 Å². The van der Waals surface area contributed by atoms with Gasteiger partial charge < -0.3 is 4.42 Å². The van der Waals surface area contributed by atoms with E-state index in [-0.39, 0.29) is 10.8 Å². The molecule has 2 aliphatic rings. The van der Waals surface area contributed by atoms with Crippen LogP contribution < -0.4 is 4.57 Å². The van der Waals surface area contributed by atoms with Crippen molar-refractivity contribution in [1.29, 1.82) is 0 Å². The second kappa shape index (κ2) is 8.18. The molecule has 2 aromatic heterocycles. The fourth-order valence-electron chi connectivity index (χ4n) is 7.44. The summed E-state index contributed by atoms with van der Waals surface area (Å²) in [6, 6.07) is 18.1. The molecule has 0 unspecified atom stereocenters. The highest BCUT2D eigenvalue weighted by atomic mass is 16.3. The number of rotatable bonds is 2. The van der Waals surface area contributed by atoms with E-state index in [1.54, 1.807) is 0 Å². The first-order valence-electron chi connectivity index (χ1n) is 14.9. The van der Waals surface area contributed by atoms with Crippen LogP contribution >= 0.6 is 0 Å². The van der Waals surface area contributed by atoms with Crippen molar-refractivity contribution in [3.8, 4) is 11.3 Å². The monoisotopic (exact) mass is 503 g/mol. The molecule has 0 saturated heterocycles. The highest BCUT2D eigenvalue weighted by Crippen LogP contribution is 2.51. The molecule has 0 N–H and O–H groups in total. The Morgan fingerprint density at radius 2 is 1.53 bits per heavy atom. The lowest BCUT2D eigenvalue weighted by Crippen LogP contribution is -2.34. The van der Waals surface area contributed by atoms with Crippen LogP contribution in [0.3, 0.4) is 0 Å². The molecule has 0 amide bonds. The van der Waals surface area contributed by atoms with Crippen LogP contribution in [0.4, 0.5) is 0 Å². The van der Waals surface area contributed by atoms with Gasteiger partial charge in [-0.2, -0.15) is 0 Å². The van der Waals surface area contributed by atoms with Crippen LogP contribution in [0.2, 0.25) is 0 Å². The van der Waals surface area contributed by atoms with E-state index in [0.29, 0.717) is 0 Å². The number of aryl methyl sites for hydroxylation is 2. The first-order valence-corrected chi connectivity index (χ1v) is 14.4. The van der Waals surface area contributed by atoms with E-state index in [4.69, 9.17) is 5.79 Å². The number of benzene rings is 3. The lowest BCUT2D eigenvalue weighted by atomic mass is 9.62. The maximum Gasteiger partial charge on any atom is 0.216 e. The summed E-state index contributed by atoms with van der Waals surface area (Å²) in [5.41, 5.74) is 9.78. The van der Waals surface area contributed by atoms with Crippen molar-refractivity contribution in [2.45, 2.75) is 89.9 Å². The van der Waals surface area contributed by atoms with Gasteiger partial charge in [0.05, 0.1) is 5.56 Å². The van der Waals surface area contributed by atoms with E-state index in [1.807, 2.05) is 0 Å². The Hall–Kier alpha value is -3.13. The molecule has 1 fully saturated rings. The largest absolute Gasteiger partial charge is 0.454 e. The summed E-state index contributed by atoms with van der Waals surface area (Å²) < 4.78 is 18.2. The van der Waals surface area contributed by atoms with Crippen LogP contribution in [0.1, 0.15) is 95.7 Å². The smallest absolute Gasteiger partial charge is 0.216 e. The molecule has 194 valence electrons. The zero-order chi connectivity index (χ0) is 27.3. The van der Waals surface area contributed by atoms with E-state index >= 15 is 0 Å². The summed E-state index contributed by atoms with van der Waals surface area (Å²) in [6.45, 7) is 11.8. The Labute approximate surface area is 228 Å². The SMILES string of the molecule is [2H]C1(c2ccc(-c3c(C)ccc4c3oc3c4ccc4ccc5c(c43)C(C)(C)CCC5(C)C)[n+](C)c2)CCCC1. The van der Waals surface area contributed by atoms with Crippen molar-refractivity contribution >= 4 is 32.7 Å². The summed E-state index contributed by atoms with van der Waals surface area (Å²) in [7, 11) is 2.12. The molecule has 0 atom stereocenters. The van der Waals surface area contributed by atoms with Gasteiger partial charge in [0.25, 0.3) is 0 Å². The first kappa shape index (κ1) is 22.8. The molecule has 38 heavy (non-hydrogen) atoms. The van der Waals surface area contributed by atoms with Gasteiger partial charge in [-0.05, 0) is 83.5 Å². The van der Waals surface area contributed by atoms with Crippen molar-refractivity contribution in [3.05, 3.63) is 77.0 Å².